The zero-order chi connectivity index (χ0) is 20.9. The van der Waals surface area contributed by atoms with E-state index in [1.54, 1.807) is 43.8 Å². The SMILES string of the molecule is Cc1cc(C)nc(NS(=O)(=O)c2ccc(NC(=O)CSC3CCCCC3)cc2)n1. The third-order valence-electron chi connectivity index (χ3n) is 4.66. The van der Waals surface area contributed by atoms with Crippen molar-refractivity contribution in [3.05, 3.63) is 41.7 Å². The molecular weight excluding hydrogens is 408 g/mol. The average molecular weight is 435 g/mol. The van der Waals surface area contributed by atoms with Crippen LogP contribution >= 0.6 is 11.8 Å². The van der Waals surface area contributed by atoms with Crippen molar-refractivity contribution in [2.75, 3.05) is 15.8 Å². The number of nitrogens with zero attached hydrogens (tertiary/aromatic N) is 2. The van der Waals surface area contributed by atoms with Gasteiger partial charge in [0.1, 0.15) is 0 Å². The largest absolute Gasteiger partial charge is 0.325 e. The predicted molar refractivity (Wildman–Crippen MR) is 117 cm³/mol. The van der Waals surface area contributed by atoms with Crippen LogP contribution in [0.25, 0.3) is 0 Å². The van der Waals surface area contributed by atoms with Crippen molar-refractivity contribution in [1.29, 1.82) is 0 Å². The second-order valence-corrected chi connectivity index (χ2v) is 10.2. The Labute approximate surface area is 176 Å². The van der Waals surface area contributed by atoms with E-state index in [9.17, 15) is 13.2 Å². The average Bonchev–Trinajstić information content (AvgIpc) is 2.66. The lowest BCUT2D eigenvalue weighted by atomic mass is 10.0. The Kier molecular flexibility index (Phi) is 7.13. The van der Waals surface area contributed by atoms with Gasteiger partial charge in [-0.15, -0.1) is 11.8 Å². The molecule has 0 spiro atoms. The fraction of sp³-hybridized carbons (Fsp3) is 0.450. The van der Waals surface area contributed by atoms with Gasteiger partial charge in [-0.1, -0.05) is 19.3 Å². The standard InChI is InChI=1S/C20H26N4O3S2/c1-14-12-15(2)22-20(21-14)24-29(26,27)18-10-8-16(9-11-18)23-19(25)13-28-17-6-4-3-5-7-17/h8-12,17H,3-7,13H2,1-2H3,(H,23,25)(H,21,22,24). The molecule has 1 aromatic carbocycles. The maximum Gasteiger partial charge on any atom is 0.264 e. The molecule has 156 valence electrons. The van der Waals surface area contributed by atoms with E-state index in [4.69, 9.17) is 0 Å². The van der Waals surface area contributed by atoms with Crippen LogP contribution in [0.15, 0.2) is 35.2 Å². The zero-order valence-corrected chi connectivity index (χ0v) is 18.3. The minimum Gasteiger partial charge on any atom is -0.325 e. The number of thioether (sulfide) groups is 1. The number of hydrogen-bond acceptors (Lipinski definition) is 6. The molecule has 1 aromatic heterocycles. The zero-order valence-electron chi connectivity index (χ0n) is 16.6. The number of aromatic nitrogens is 2. The molecule has 1 heterocycles. The van der Waals surface area contributed by atoms with Crippen molar-refractivity contribution in [1.82, 2.24) is 9.97 Å². The number of rotatable bonds is 7. The van der Waals surface area contributed by atoms with E-state index in [1.807, 2.05) is 0 Å². The Bertz CT molecular complexity index is 936. The van der Waals surface area contributed by atoms with Crippen molar-refractivity contribution in [3.63, 3.8) is 0 Å². The summed E-state index contributed by atoms with van der Waals surface area (Å²) in [4.78, 5) is 20.4. The Hall–Kier alpha value is -2.13. The van der Waals surface area contributed by atoms with Crippen LogP contribution in [0, 0.1) is 13.8 Å². The Morgan fingerprint density at radius 2 is 1.69 bits per heavy atom. The minimum absolute atomic E-state index is 0.0413. The van der Waals surface area contributed by atoms with Crippen molar-refractivity contribution in [2.45, 2.75) is 56.1 Å². The Balaban J connectivity index is 1.57. The minimum atomic E-state index is -3.81. The van der Waals surface area contributed by atoms with Gasteiger partial charge >= 0.3 is 0 Å². The molecule has 0 bridgehead atoms. The van der Waals surface area contributed by atoms with E-state index in [1.165, 1.54) is 44.2 Å². The van der Waals surface area contributed by atoms with E-state index in [2.05, 4.69) is 20.0 Å². The lowest BCUT2D eigenvalue weighted by molar-refractivity contribution is -0.113. The summed E-state index contributed by atoms with van der Waals surface area (Å²) in [6, 6.07) is 7.84. The van der Waals surface area contributed by atoms with Gasteiger partial charge in [0.25, 0.3) is 10.0 Å². The summed E-state index contributed by atoms with van der Waals surface area (Å²) >= 11 is 1.70. The summed E-state index contributed by atoms with van der Waals surface area (Å²) in [5, 5.41) is 3.40. The molecule has 0 aliphatic heterocycles. The van der Waals surface area contributed by atoms with E-state index >= 15 is 0 Å². The summed E-state index contributed by atoms with van der Waals surface area (Å²) < 4.78 is 27.5. The molecule has 7 nitrogen and oxygen atoms in total. The fourth-order valence-corrected chi connectivity index (χ4v) is 5.36. The van der Waals surface area contributed by atoms with Crippen LogP contribution in [0.2, 0.25) is 0 Å². The molecule has 1 aliphatic carbocycles. The second kappa shape index (κ2) is 9.58. The van der Waals surface area contributed by atoms with Crippen LogP contribution < -0.4 is 10.0 Å². The highest BCUT2D eigenvalue weighted by Crippen LogP contribution is 2.28. The Morgan fingerprint density at radius 1 is 1.07 bits per heavy atom. The normalized spacial score (nSPS) is 15.1. The van der Waals surface area contributed by atoms with Crippen LogP contribution in [0.3, 0.4) is 0 Å². The van der Waals surface area contributed by atoms with Crippen LogP contribution in [0.1, 0.15) is 43.5 Å². The van der Waals surface area contributed by atoms with Crippen LogP contribution in [0.5, 0.6) is 0 Å². The van der Waals surface area contributed by atoms with E-state index < -0.39 is 10.0 Å². The number of amides is 1. The molecule has 3 rings (SSSR count). The van der Waals surface area contributed by atoms with Gasteiger partial charge in [-0.3, -0.25) is 4.79 Å². The predicted octanol–water partition coefficient (Wildman–Crippen LogP) is 3.90. The Morgan fingerprint density at radius 3 is 2.31 bits per heavy atom. The number of carbonyl (C=O) groups excluding carboxylic acids is 1. The summed E-state index contributed by atoms with van der Waals surface area (Å²) in [6.07, 6.45) is 6.15. The number of hydrogen-bond donors (Lipinski definition) is 2. The molecule has 0 unspecified atom stereocenters. The van der Waals surface area contributed by atoms with E-state index in [-0.39, 0.29) is 16.8 Å². The third kappa shape index (κ3) is 6.43. The van der Waals surface area contributed by atoms with Crippen molar-refractivity contribution in [3.8, 4) is 0 Å². The smallest absolute Gasteiger partial charge is 0.264 e. The molecule has 0 saturated heterocycles. The molecule has 1 saturated carbocycles. The molecule has 2 aromatic rings. The first-order chi connectivity index (χ1) is 13.8. The highest BCUT2D eigenvalue weighted by Gasteiger charge is 2.17. The van der Waals surface area contributed by atoms with Gasteiger partial charge in [-0.2, -0.15) is 0 Å². The van der Waals surface area contributed by atoms with Crippen molar-refractivity contribution < 1.29 is 13.2 Å². The summed E-state index contributed by atoms with van der Waals surface area (Å²) in [5.74, 6) is 0.383. The van der Waals surface area contributed by atoms with Crippen LogP contribution in [0.4, 0.5) is 11.6 Å². The molecule has 0 radical (unpaired) electrons. The summed E-state index contributed by atoms with van der Waals surface area (Å²) in [5.41, 5.74) is 1.93. The number of nitrogens with one attached hydrogen (secondary N) is 2. The lowest BCUT2D eigenvalue weighted by Crippen LogP contribution is -2.18. The van der Waals surface area contributed by atoms with Gasteiger partial charge in [0, 0.05) is 22.3 Å². The quantitative estimate of drug-likeness (QED) is 0.685. The number of carbonyl (C=O) groups is 1. The number of aryl methyl sites for hydroxylation is 2. The first-order valence-corrected chi connectivity index (χ1v) is 12.2. The maximum absolute atomic E-state index is 12.6. The van der Waals surface area contributed by atoms with Gasteiger partial charge in [0.2, 0.25) is 11.9 Å². The second-order valence-electron chi connectivity index (χ2n) is 7.22. The number of sulfonamides is 1. The van der Waals surface area contributed by atoms with E-state index in [0.717, 1.165) is 0 Å². The van der Waals surface area contributed by atoms with Crippen molar-refractivity contribution in [2.24, 2.45) is 0 Å². The van der Waals surface area contributed by atoms with Gasteiger partial charge in [-0.25, -0.2) is 23.1 Å². The van der Waals surface area contributed by atoms with Crippen LogP contribution in [-0.2, 0) is 14.8 Å². The molecule has 9 heteroatoms. The van der Waals surface area contributed by atoms with Crippen LogP contribution in [-0.4, -0.2) is 35.3 Å². The summed E-state index contributed by atoms with van der Waals surface area (Å²) in [6.45, 7) is 3.55. The molecule has 29 heavy (non-hydrogen) atoms. The molecule has 1 amide bonds. The monoisotopic (exact) mass is 434 g/mol. The van der Waals surface area contributed by atoms with Crippen molar-refractivity contribution >= 4 is 39.3 Å². The van der Waals surface area contributed by atoms with Gasteiger partial charge in [-0.05, 0) is 57.0 Å². The highest BCUT2D eigenvalue weighted by atomic mass is 32.2. The topological polar surface area (TPSA) is 101 Å². The summed E-state index contributed by atoms with van der Waals surface area (Å²) in [7, 11) is -3.81. The molecular formula is C20H26N4O3S2. The fourth-order valence-electron chi connectivity index (χ4n) is 3.29. The van der Waals surface area contributed by atoms with Gasteiger partial charge in [0.15, 0.2) is 0 Å². The highest BCUT2D eigenvalue weighted by molar-refractivity contribution is 8.00. The number of benzene rings is 1. The molecule has 1 aliphatic rings. The molecule has 0 atom stereocenters. The van der Waals surface area contributed by atoms with Gasteiger partial charge in [0.05, 0.1) is 10.6 Å². The maximum atomic E-state index is 12.6. The third-order valence-corrected chi connectivity index (χ3v) is 7.37. The first-order valence-electron chi connectivity index (χ1n) is 9.68. The van der Waals surface area contributed by atoms with Gasteiger partial charge < -0.3 is 5.32 Å². The molecule has 2 N–H and O–H groups in total. The number of anilines is 2. The lowest BCUT2D eigenvalue weighted by Gasteiger charge is -2.20. The molecule has 1 fully saturated rings. The first kappa shape index (κ1) is 21.6. The van der Waals surface area contributed by atoms with E-state index in [0.29, 0.717) is 28.1 Å².